The fourth-order valence-electron chi connectivity index (χ4n) is 3.06. The molecule has 38 heavy (non-hydrogen) atoms. The van der Waals surface area contributed by atoms with Gasteiger partial charge in [0, 0.05) is 0 Å². The van der Waals surface area contributed by atoms with Crippen molar-refractivity contribution in [3.63, 3.8) is 0 Å². The molecule has 2 rings (SSSR count). The summed E-state index contributed by atoms with van der Waals surface area (Å²) in [5.41, 5.74) is 0.371. The van der Waals surface area contributed by atoms with E-state index in [1.807, 2.05) is 0 Å². The number of benzene rings is 2. The fraction of sp³-hybridized carbons (Fsp3) is 0.273. The van der Waals surface area contributed by atoms with E-state index in [0.717, 1.165) is 9.80 Å². The average Bonchev–Trinajstić information content (AvgIpc) is 2.75. The average molecular weight is 1000 g/mol. The van der Waals surface area contributed by atoms with Gasteiger partial charge in [0.15, 0.2) is 0 Å². The molecular weight excluding hydrogens is 984 g/mol. The van der Waals surface area contributed by atoms with Crippen LogP contribution in [-0.2, 0) is 19.2 Å². The van der Waals surface area contributed by atoms with Crippen molar-refractivity contribution in [3.05, 3.63) is 48.5 Å². The molecule has 0 aliphatic heterocycles. The summed E-state index contributed by atoms with van der Waals surface area (Å²) in [6, 6.07) is 12.3. The molecule has 0 atom stereocenters. The molecule has 0 aromatic heterocycles. The van der Waals surface area contributed by atoms with Crippen LogP contribution in [0.4, 0.5) is 11.4 Å². The van der Waals surface area contributed by atoms with Gasteiger partial charge in [0.2, 0.25) is 0 Å². The van der Waals surface area contributed by atoms with Gasteiger partial charge >= 0.3 is 276 Å². The number of nitrogens with zero attached hydrogens (tertiary/aromatic N) is 2. The van der Waals surface area contributed by atoms with Gasteiger partial charge in [-0.25, -0.2) is 0 Å². The monoisotopic (exact) mass is 1000 g/mol. The predicted molar refractivity (Wildman–Crippen MR) is 108 cm³/mol. The zero-order chi connectivity index (χ0) is 25.1. The van der Waals surface area contributed by atoms with Crippen molar-refractivity contribution in [2.45, 2.75) is 0 Å². The molecule has 0 bridgehead atoms. The smallest absolute Gasteiger partial charge is 0.548 e. The number of ether oxygens (including phenoxy) is 2. The number of hydrogen-bond acceptors (Lipinski definition) is 12. The molecule has 0 aliphatic carbocycles. The Bertz CT molecular complexity index is 931. The first-order valence-electron chi connectivity index (χ1n) is 9.90. The molecular formula is C22H20Cs4N2O10. The number of para-hydroxylation sites is 4. The summed E-state index contributed by atoms with van der Waals surface area (Å²) in [5.74, 6) is -5.61. The third-order valence-corrected chi connectivity index (χ3v) is 4.29. The van der Waals surface area contributed by atoms with Crippen LogP contribution >= 0.6 is 0 Å². The molecule has 0 heterocycles. The molecule has 2 aromatic carbocycles. The Morgan fingerprint density at radius 3 is 1.05 bits per heavy atom. The van der Waals surface area contributed by atoms with Crippen LogP contribution in [0.25, 0.3) is 0 Å². The van der Waals surface area contributed by atoms with Crippen molar-refractivity contribution < 1.29 is 325 Å². The van der Waals surface area contributed by atoms with Crippen LogP contribution in [0.1, 0.15) is 0 Å². The molecule has 16 heteroatoms. The minimum absolute atomic E-state index is 0. The Balaban J connectivity index is -0.00000306. The summed E-state index contributed by atoms with van der Waals surface area (Å²) in [4.78, 5) is 46.0. The summed E-state index contributed by atoms with van der Waals surface area (Å²) in [6.45, 7) is -2.96. The SMILES string of the molecule is O=C([O-])CN(CC(=O)[O-])c1ccccc1OCCOc1ccccc1N(CC(=O)[O-])CC(=O)[O-].[Cs+].[Cs+].[Cs+].[Cs+]. The number of carboxylic acids is 4. The van der Waals surface area contributed by atoms with E-state index in [2.05, 4.69) is 0 Å². The summed E-state index contributed by atoms with van der Waals surface area (Å²) in [5, 5.41) is 44.0. The van der Waals surface area contributed by atoms with E-state index in [0.29, 0.717) is 0 Å². The third-order valence-electron chi connectivity index (χ3n) is 4.29. The summed E-state index contributed by atoms with van der Waals surface area (Å²) < 4.78 is 11.2. The van der Waals surface area contributed by atoms with Gasteiger partial charge < -0.3 is 58.9 Å². The normalized spacial score (nSPS) is 9.16. The van der Waals surface area contributed by atoms with Gasteiger partial charge in [-0.3, -0.25) is 0 Å². The molecule has 0 N–H and O–H groups in total. The van der Waals surface area contributed by atoms with Crippen molar-refractivity contribution in [2.75, 3.05) is 49.2 Å². The topological polar surface area (TPSA) is 185 Å². The van der Waals surface area contributed by atoms with Crippen LogP contribution in [0, 0.1) is 0 Å². The van der Waals surface area contributed by atoms with E-state index in [1.54, 1.807) is 24.3 Å². The second kappa shape index (κ2) is 26.0. The second-order valence-electron chi connectivity index (χ2n) is 6.83. The summed E-state index contributed by atoms with van der Waals surface area (Å²) in [6.07, 6.45) is 0. The van der Waals surface area contributed by atoms with E-state index in [1.165, 1.54) is 24.3 Å². The third kappa shape index (κ3) is 18.5. The van der Waals surface area contributed by atoms with Crippen LogP contribution in [0.2, 0.25) is 0 Å². The first kappa shape index (κ1) is 46.1. The number of carboxylic acid groups (broad SMARTS) is 4. The van der Waals surface area contributed by atoms with Gasteiger partial charge in [-0.2, -0.15) is 0 Å². The Labute approximate surface area is 455 Å². The first-order valence-corrected chi connectivity index (χ1v) is 9.90. The van der Waals surface area contributed by atoms with Crippen LogP contribution in [0.15, 0.2) is 48.5 Å². The number of anilines is 2. The van der Waals surface area contributed by atoms with Gasteiger partial charge in [0.05, 0.1) is 61.4 Å². The minimum atomic E-state index is -1.49. The number of aliphatic carboxylic acids is 4. The molecule has 0 saturated carbocycles. The number of carbonyl (C=O) groups is 4. The number of carbonyl (C=O) groups excluding carboxylic acids is 4. The summed E-state index contributed by atoms with van der Waals surface area (Å²) >= 11 is 0. The van der Waals surface area contributed by atoms with Crippen LogP contribution in [0.5, 0.6) is 11.5 Å². The maximum Gasteiger partial charge on any atom is 1.00 e. The van der Waals surface area contributed by atoms with Crippen molar-refractivity contribution in [2.24, 2.45) is 0 Å². The zero-order valence-corrected chi connectivity index (χ0v) is 47.0. The molecule has 0 fully saturated rings. The number of rotatable bonds is 15. The van der Waals surface area contributed by atoms with E-state index >= 15 is 0 Å². The summed E-state index contributed by atoms with van der Waals surface area (Å²) in [7, 11) is 0. The maximum absolute atomic E-state index is 11.0. The Hall–Kier alpha value is 3.73. The van der Waals surface area contributed by atoms with Gasteiger partial charge in [-0.1, -0.05) is 24.3 Å². The second-order valence-corrected chi connectivity index (χ2v) is 6.83. The molecule has 0 spiro atoms. The van der Waals surface area contributed by atoms with Crippen molar-refractivity contribution in [1.29, 1.82) is 0 Å². The molecule has 2 aromatic rings. The Morgan fingerprint density at radius 1 is 0.526 bits per heavy atom. The van der Waals surface area contributed by atoms with Gasteiger partial charge in [0.1, 0.15) is 24.7 Å². The standard InChI is InChI=1S/C22H24N2O10.4Cs/c25-19(26)11-23(12-20(27)28)15-5-1-3-7-17(15)33-9-10-34-18-8-4-2-6-16(18)24(13-21(29)30)14-22(31)32;;;;/h1-8H,9-14H2,(H,25,26)(H,27,28)(H,29,30)(H,31,32);;;;/q;4*+1/p-4. The predicted octanol–water partition coefficient (Wildman–Crippen LogP) is -16.2. The molecule has 0 saturated heterocycles. The first-order chi connectivity index (χ1) is 16.2. The molecule has 0 amide bonds. The Kier molecular flexibility index (Phi) is 31.6. The van der Waals surface area contributed by atoms with Crippen molar-refractivity contribution in [1.82, 2.24) is 0 Å². The zero-order valence-electron chi connectivity index (χ0n) is 21.8. The van der Waals surface area contributed by atoms with Crippen LogP contribution in [0.3, 0.4) is 0 Å². The van der Waals surface area contributed by atoms with Crippen molar-refractivity contribution in [3.8, 4) is 11.5 Å². The van der Waals surface area contributed by atoms with Crippen LogP contribution in [-0.4, -0.2) is 63.3 Å². The maximum atomic E-state index is 11.0. The van der Waals surface area contributed by atoms with Gasteiger partial charge in [-0.15, -0.1) is 0 Å². The largest absolute Gasteiger partial charge is 1.00 e. The van der Waals surface area contributed by atoms with E-state index in [-0.39, 0.29) is 312 Å². The minimum Gasteiger partial charge on any atom is -0.548 e. The fourth-order valence-corrected chi connectivity index (χ4v) is 3.06. The Morgan fingerprint density at radius 2 is 0.789 bits per heavy atom. The molecule has 182 valence electrons. The van der Waals surface area contributed by atoms with Crippen molar-refractivity contribution >= 4 is 35.3 Å². The van der Waals surface area contributed by atoms with Gasteiger partial charge in [0.25, 0.3) is 0 Å². The van der Waals surface area contributed by atoms with Crippen LogP contribution < -0.4 is 315 Å². The molecule has 0 radical (unpaired) electrons. The quantitative estimate of drug-likeness (QED) is 0.154. The van der Waals surface area contributed by atoms with E-state index in [4.69, 9.17) is 9.47 Å². The molecule has 12 nitrogen and oxygen atoms in total. The van der Waals surface area contributed by atoms with E-state index < -0.39 is 50.1 Å². The van der Waals surface area contributed by atoms with E-state index in [9.17, 15) is 39.6 Å². The molecule has 0 aliphatic rings. The number of hydrogen-bond donors (Lipinski definition) is 0. The van der Waals surface area contributed by atoms with Gasteiger partial charge in [-0.05, 0) is 24.3 Å². The molecule has 0 unspecified atom stereocenters.